The number of para-hydroxylation sites is 2. The molecule has 0 unspecified atom stereocenters. The highest BCUT2D eigenvalue weighted by Gasteiger charge is 2.24. The van der Waals surface area contributed by atoms with Crippen LogP contribution in [0.5, 0.6) is 0 Å². The predicted octanol–water partition coefficient (Wildman–Crippen LogP) is 4.19. The maximum Gasteiger partial charge on any atom is 0.266 e. The third-order valence-corrected chi connectivity index (χ3v) is 6.47. The zero-order valence-electron chi connectivity index (χ0n) is 16.8. The number of aryl methyl sites for hydroxylation is 1. The normalized spacial score (nSPS) is 16.9. The minimum Gasteiger partial charge on any atom is -0.339 e. The Morgan fingerprint density at radius 3 is 2.69 bits per heavy atom. The minimum atomic E-state index is -0.105. The number of hydrogen-bond acceptors (Lipinski definition) is 4. The molecule has 0 aliphatic carbocycles. The van der Waals surface area contributed by atoms with Gasteiger partial charge in [0, 0.05) is 12.6 Å². The molecular formula is C23H25N3O2S. The molecule has 1 aliphatic heterocycles. The fourth-order valence-corrected chi connectivity index (χ4v) is 4.81. The first-order chi connectivity index (χ1) is 14.1. The molecule has 1 saturated heterocycles. The summed E-state index contributed by atoms with van der Waals surface area (Å²) in [4.78, 5) is 32.9. The summed E-state index contributed by atoms with van der Waals surface area (Å²) in [7, 11) is 0. The Labute approximate surface area is 174 Å². The summed E-state index contributed by atoms with van der Waals surface area (Å²) >= 11 is 1.34. The third-order valence-electron chi connectivity index (χ3n) is 5.55. The van der Waals surface area contributed by atoms with Crippen LogP contribution in [-0.4, -0.2) is 38.7 Å². The van der Waals surface area contributed by atoms with Crippen molar-refractivity contribution in [1.82, 2.24) is 14.5 Å². The number of benzene rings is 2. The molecule has 2 heterocycles. The largest absolute Gasteiger partial charge is 0.339 e. The van der Waals surface area contributed by atoms with Gasteiger partial charge in [0.15, 0.2) is 5.16 Å². The first kappa shape index (κ1) is 19.7. The van der Waals surface area contributed by atoms with E-state index in [0.29, 0.717) is 16.1 Å². The minimum absolute atomic E-state index is 0.105. The summed E-state index contributed by atoms with van der Waals surface area (Å²) in [5, 5.41) is 1.14. The molecule has 0 radical (unpaired) electrons. The van der Waals surface area contributed by atoms with Gasteiger partial charge < -0.3 is 4.90 Å². The summed E-state index contributed by atoms with van der Waals surface area (Å²) in [6.07, 6.45) is 3.29. The maximum atomic E-state index is 13.3. The molecule has 1 amide bonds. The summed E-state index contributed by atoms with van der Waals surface area (Å²) in [5.41, 5.74) is 2.34. The first-order valence-electron chi connectivity index (χ1n) is 10.1. The van der Waals surface area contributed by atoms with Crippen LogP contribution in [0.15, 0.2) is 58.5 Å². The van der Waals surface area contributed by atoms with Crippen molar-refractivity contribution in [2.75, 3.05) is 12.3 Å². The number of piperidine rings is 1. The molecule has 1 aliphatic rings. The Balaban J connectivity index is 1.73. The van der Waals surface area contributed by atoms with Crippen LogP contribution in [0, 0.1) is 6.92 Å². The van der Waals surface area contributed by atoms with Gasteiger partial charge in [-0.15, -0.1) is 0 Å². The van der Waals surface area contributed by atoms with Crippen LogP contribution in [0.25, 0.3) is 16.6 Å². The number of nitrogens with zero attached hydrogens (tertiary/aromatic N) is 3. The highest BCUT2D eigenvalue weighted by atomic mass is 32.2. The molecule has 2 aromatic carbocycles. The molecule has 0 bridgehead atoms. The lowest BCUT2D eigenvalue weighted by molar-refractivity contribution is -0.131. The predicted molar refractivity (Wildman–Crippen MR) is 118 cm³/mol. The molecule has 5 nitrogen and oxygen atoms in total. The number of carbonyl (C=O) groups excluding carboxylic acids is 1. The van der Waals surface area contributed by atoms with Crippen LogP contribution in [0.3, 0.4) is 0 Å². The Morgan fingerprint density at radius 1 is 1.14 bits per heavy atom. The van der Waals surface area contributed by atoms with Gasteiger partial charge in [0.1, 0.15) is 0 Å². The number of aromatic nitrogens is 2. The van der Waals surface area contributed by atoms with Crippen molar-refractivity contribution in [3.8, 4) is 5.69 Å². The monoisotopic (exact) mass is 407 g/mol. The summed E-state index contributed by atoms with van der Waals surface area (Å²) in [6, 6.07) is 15.4. The van der Waals surface area contributed by atoms with Crippen LogP contribution < -0.4 is 5.56 Å². The first-order valence-corrected chi connectivity index (χ1v) is 11.0. The molecule has 29 heavy (non-hydrogen) atoms. The average Bonchev–Trinajstić information content (AvgIpc) is 2.73. The summed E-state index contributed by atoms with van der Waals surface area (Å²) in [5.74, 6) is 0.391. The quantitative estimate of drug-likeness (QED) is 0.481. The molecule has 0 N–H and O–H groups in total. The van der Waals surface area contributed by atoms with E-state index in [4.69, 9.17) is 4.98 Å². The van der Waals surface area contributed by atoms with Crippen LogP contribution in [0.1, 0.15) is 31.7 Å². The van der Waals surface area contributed by atoms with E-state index in [9.17, 15) is 9.59 Å². The topological polar surface area (TPSA) is 55.2 Å². The Bertz CT molecular complexity index is 1110. The average molecular weight is 408 g/mol. The van der Waals surface area contributed by atoms with Gasteiger partial charge in [0.05, 0.1) is 22.3 Å². The highest BCUT2D eigenvalue weighted by Crippen LogP contribution is 2.24. The lowest BCUT2D eigenvalue weighted by atomic mass is 10.0. The number of rotatable bonds is 4. The highest BCUT2D eigenvalue weighted by molar-refractivity contribution is 7.99. The molecule has 6 heteroatoms. The number of hydrogen-bond donors (Lipinski definition) is 0. The lowest BCUT2D eigenvalue weighted by Crippen LogP contribution is -2.43. The Morgan fingerprint density at radius 2 is 1.90 bits per heavy atom. The van der Waals surface area contributed by atoms with E-state index >= 15 is 0 Å². The third kappa shape index (κ3) is 3.94. The van der Waals surface area contributed by atoms with Crippen molar-refractivity contribution in [1.29, 1.82) is 0 Å². The number of amides is 1. The van der Waals surface area contributed by atoms with Crippen LogP contribution in [0.4, 0.5) is 0 Å². The second-order valence-corrected chi connectivity index (χ2v) is 8.50. The van der Waals surface area contributed by atoms with Crippen molar-refractivity contribution >= 4 is 28.6 Å². The maximum absolute atomic E-state index is 13.3. The molecule has 4 rings (SSSR count). The van der Waals surface area contributed by atoms with Gasteiger partial charge in [-0.3, -0.25) is 14.2 Å². The van der Waals surface area contributed by atoms with Crippen molar-refractivity contribution < 1.29 is 4.79 Å². The second kappa shape index (κ2) is 8.41. The van der Waals surface area contributed by atoms with E-state index in [-0.39, 0.29) is 23.3 Å². The molecular weight excluding hydrogens is 382 g/mol. The summed E-state index contributed by atoms with van der Waals surface area (Å²) in [6.45, 7) is 4.90. The van der Waals surface area contributed by atoms with Crippen LogP contribution in [0.2, 0.25) is 0 Å². The van der Waals surface area contributed by atoms with E-state index in [0.717, 1.165) is 30.6 Å². The molecule has 1 aromatic heterocycles. The van der Waals surface area contributed by atoms with Crippen molar-refractivity contribution in [3.63, 3.8) is 0 Å². The summed E-state index contributed by atoms with van der Waals surface area (Å²) < 4.78 is 1.65. The molecule has 1 fully saturated rings. The zero-order valence-corrected chi connectivity index (χ0v) is 17.6. The Hall–Kier alpha value is -2.60. The van der Waals surface area contributed by atoms with E-state index in [1.807, 2.05) is 54.3 Å². The van der Waals surface area contributed by atoms with Gasteiger partial charge >= 0.3 is 0 Å². The SMILES string of the molecule is Cc1ccccc1-n1c(SCC(=O)N2CCCC[C@H]2C)nc2ccccc2c1=O. The molecule has 1 atom stereocenters. The van der Waals surface area contributed by atoms with Gasteiger partial charge in [-0.2, -0.15) is 0 Å². The van der Waals surface area contributed by atoms with Crippen molar-refractivity contribution in [3.05, 3.63) is 64.4 Å². The van der Waals surface area contributed by atoms with Crippen LogP contribution in [-0.2, 0) is 4.79 Å². The van der Waals surface area contributed by atoms with Crippen LogP contribution >= 0.6 is 11.8 Å². The number of thioether (sulfide) groups is 1. The second-order valence-electron chi connectivity index (χ2n) is 7.56. The number of fused-ring (bicyclic) bond motifs is 1. The van der Waals surface area contributed by atoms with Crippen molar-refractivity contribution in [2.45, 2.75) is 44.3 Å². The number of likely N-dealkylation sites (tertiary alicyclic amines) is 1. The molecule has 0 saturated carbocycles. The van der Waals surface area contributed by atoms with Gasteiger partial charge in [-0.05, 0) is 56.9 Å². The van der Waals surface area contributed by atoms with E-state index in [2.05, 4.69) is 6.92 Å². The van der Waals surface area contributed by atoms with E-state index in [1.54, 1.807) is 10.6 Å². The number of carbonyl (C=O) groups is 1. The van der Waals surface area contributed by atoms with Crippen molar-refractivity contribution in [2.24, 2.45) is 0 Å². The zero-order chi connectivity index (χ0) is 20.4. The Kier molecular flexibility index (Phi) is 5.72. The lowest BCUT2D eigenvalue weighted by Gasteiger charge is -2.33. The fourth-order valence-electron chi connectivity index (χ4n) is 3.91. The van der Waals surface area contributed by atoms with Gasteiger partial charge in [0.25, 0.3) is 5.56 Å². The molecule has 3 aromatic rings. The van der Waals surface area contributed by atoms with E-state index in [1.165, 1.54) is 18.2 Å². The van der Waals surface area contributed by atoms with Gasteiger partial charge in [-0.1, -0.05) is 42.1 Å². The van der Waals surface area contributed by atoms with Gasteiger partial charge in [-0.25, -0.2) is 4.98 Å². The fraction of sp³-hybridized carbons (Fsp3) is 0.348. The standard InChI is InChI=1S/C23H25N3O2S/c1-16-9-3-6-13-20(16)26-22(28)18-11-4-5-12-19(18)24-23(26)29-15-21(27)25-14-8-7-10-17(25)2/h3-6,9,11-13,17H,7-8,10,14-15H2,1-2H3/t17-/m1/s1. The smallest absolute Gasteiger partial charge is 0.266 e. The van der Waals surface area contributed by atoms with Gasteiger partial charge in [0.2, 0.25) is 5.91 Å². The molecule has 0 spiro atoms. The van der Waals surface area contributed by atoms with E-state index < -0.39 is 0 Å². The molecule has 150 valence electrons.